The lowest BCUT2D eigenvalue weighted by molar-refractivity contribution is 0.654. The van der Waals surface area contributed by atoms with Crippen LogP contribution in [0.5, 0.6) is 0 Å². The van der Waals surface area contributed by atoms with Gasteiger partial charge in [-0.05, 0) is 101 Å². The Morgan fingerprint density at radius 1 is 0.378 bits per heavy atom. The number of hydrogen-bond donors (Lipinski definition) is 0. The molecule has 0 atom stereocenters. The third-order valence-electron chi connectivity index (χ3n) is 8.37. The van der Waals surface area contributed by atoms with E-state index >= 15 is 0 Å². The molecule has 0 aliphatic carbocycles. The second-order valence-electron chi connectivity index (χ2n) is 11.1. The number of pyridine rings is 2. The molecular weight excluding hydrogens is 554 g/mol. The van der Waals surface area contributed by atoms with Crippen LogP contribution in [0.4, 0.5) is 17.1 Å². The Kier molecular flexibility index (Phi) is 5.74. The van der Waals surface area contributed by atoms with Gasteiger partial charge in [-0.1, -0.05) is 60.7 Å². The Balaban J connectivity index is 1.33. The van der Waals surface area contributed by atoms with Crippen LogP contribution in [0.15, 0.2) is 161 Å². The number of anilines is 3. The minimum Gasteiger partial charge on any atom is -0.438 e. The molecule has 212 valence electrons. The fourth-order valence-corrected chi connectivity index (χ4v) is 6.26. The number of nitrogens with zero attached hydrogens (tertiary/aromatic N) is 3. The van der Waals surface area contributed by atoms with Crippen LogP contribution in [-0.4, -0.2) is 9.97 Å². The molecule has 0 N–H and O–H groups in total. The van der Waals surface area contributed by atoms with Crippen LogP contribution in [0, 0.1) is 0 Å². The number of furan rings is 2. The van der Waals surface area contributed by atoms with Crippen LogP contribution in [0.1, 0.15) is 0 Å². The summed E-state index contributed by atoms with van der Waals surface area (Å²) in [6.07, 6.45) is 3.52. The maximum Gasteiger partial charge on any atom is 0.227 e. The third-order valence-corrected chi connectivity index (χ3v) is 8.37. The van der Waals surface area contributed by atoms with Gasteiger partial charge in [-0.3, -0.25) is 0 Å². The summed E-state index contributed by atoms with van der Waals surface area (Å²) < 4.78 is 12.2. The highest BCUT2D eigenvalue weighted by molar-refractivity contribution is 6.07. The molecule has 0 saturated carbocycles. The largest absolute Gasteiger partial charge is 0.438 e. The van der Waals surface area contributed by atoms with Gasteiger partial charge in [-0.25, -0.2) is 9.97 Å². The van der Waals surface area contributed by atoms with Gasteiger partial charge in [0.15, 0.2) is 0 Å². The smallest absolute Gasteiger partial charge is 0.227 e. The van der Waals surface area contributed by atoms with Crippen molar-refractivity contribution in [1.82, 2.24) is 9.97 Å². The SMILES string of the molecule is c1ccc(-c2cc(-c3ccccc3)cc(N(c3ccc4oc5ncccc5c4c3)c3ccc4oc5ncccc5c4c3)c2)cc1. The molecule has 5 heteroatoms. The summed E-state index contributed by atoms with van der Waals surface area (Å²) in [6.45, 7) is 0. The molecule has 0 fully saturated rings. The Morgan fingerprint density at radius 2 is 0.867 bits per heavy atom. The highest BCUT2D eigenvalue weighted by Crippen LogP contribution is 2.43. The van der Waals surface area contributed by atoms with Crippen LogP contribution >= 0.6 is 0 Å². The predicted molar refractivity (Wildman–Crippen MR) is 182 cm³/mol. The van der Waals surface area contributed by atoms with Crippen molar-refractivity contribution < 1.29 is 8.83 Å². The summed E-state index contributed by atoms with van der Waals surface area (Å²) in [5.74, 6) is 0. The zero-order chi connectivity index (χ0) is 29.7. The van der Waals surface area contributed by atoms with Gasteiger partial charge in [0, 0.05) is 51.0 Å². The molecule has 0 unspecified atom stereocenters. The first kappa shape index (κ1) is 25.3. The minimum absolute atomic E-state index is 0.632. The summed E-state index contributed by atoms with van der Waals surface area (Å²) in [6, 6.07) is 48.6. The highest BCUT2D eigenvalue weighted by Gasteiger charge is 2.19. The first-order valence-electron chi connectivity index (χ1n) is 14.9. The van der Waals surface area contributed by atoms with Crippen molar-refractivity contribution >= 4 is 61.2 Å². The van der Waals surface area contributed by atoms with Crippen molar-refractivity contribution in [3.05, 3.63) is 152 Å². The summed E-state index contributed by atoms with van der Waals surface area (Å²) in [7, 11) is 0. The Bertz CT molecular complexity index is 2330. The standard InChI is InChI=1S/C40H25N3O2/c1-3-9-26(10-4-1)28-21-29(27-11-5-2-6-12-27)23-32(22-28)43(30-15-17-37-35(24-30)33-13-7-19-41-39(33)44-37)31-16-18-38-36(25-31)34-14-8-20-42-40(34)45-38/h1-25H. The van der Waals surface area contributed by atoms with Gasteiger partial charge >= 0.3 is 0 Å². The minimum atomic E-state index is 0.632. The number of benzene rings is 5. The van der Waals surface area contributed by atoms with Crippen molar-refractivity contribution in [2.24, 2.45) is 0 Å². The fourth-order valence-electron chi connectivity index (χ4n) is 6.26. The first-order valence-corrected chi connectivity index (χ1v) is 14.9. The van der Waals surface area contributed by atoms with Crippen molar-refractivity contribution in [3.8, 4) is 22.3 Å². The Labute approximate surface area is 258 Å². The molecule has 4 heterocycles. The zero-order valence-corrected chi connectivity index (χ0v) is 24.1. The monoisotopic (exact) mass is 579 g/mol. The molecule has 0 amide bonds. The Hall–Kier alpha value is -6.20. The van der Waals surface area contributed by atoms with E-state index in [1.165, 1.54) is 0 Å². The summed E-state index contributed by atoms with van der Waals surface area (Å²) in [5.41, 5.74) is 10.5. The van der Waals surface area contributed by atoms with Crippen molar-refractivity contribution in [2.45, 2.75) is 0 Å². The molecule has 0 saturated heterocycles. The van der Waals surface area contributed by atoms with Gasteiger partial charge in [0.1, 0.15) is 11.2 Å². The predicted octanol–water partition coefficient (Wildman–Crippen LogP) is 11.1. The van der Waals surface area contributed by atoms with E-state index < -0.39 is 0 Å². The molecule has 0 radical (unpaired) electrons. The lowest BCUT2D eigenvalue weighted by atomic mass is 9.97. The van der Waals surface area contributed by atoms with Crippen molar-refractivity contribution in [2.75, 3.05) is 4.90 Å². The van der Waals surface area contributed by atoms with Crippen LogP contribution in [0.2, 0.25) is 0 Å². The molecule has 45 heavy (non-hydrogen) atoms. The quantitative estimate of drug-likeness (QED) is 0.203. The molecule has 0 spiro atoms. The highest BCUT2D eigenvalue weighted by atomic mass is 16.3. The zero-order valence-electron chi connectivity index (χ0n) is 24.1. The van der Waals surface area contributed by atoms with Gasteiger partial charge < -0.3 is 13.7 Å². The Morgan fingerprint density at radius 3 is 1.36 bits per heavy atom. The van der Waals surface area contributed by atoms with E-state index in [1.807, 2.05) is 24.3 Å². The number of hydrogen-bond acceptors (Lipinski definition) is 5. The number of fused-ring (bicyclic) bond motifs is 6. The normalized spacial score (nSPS) is 11.6. The lowest BCUT2D eigenvalue weighted by Crippen LogP contribution is -2.10. The maximum absolute atomic E-state index is 6.10. The molecule has 5 nitrogen and oxygen atoms in total. The van der Waals surface area contributed by atoms with Gasteiger partial charge in [-0.2, -0.15) is 0 Å². The average Bonchev–Trinajstić information content (AvgIpc) is 3.67. The van der Waals surface area contributed by atoms with Crippen molar-refractivity contribution in [1.29, 1.82) is 0 Å². The van der Waals surface area contributed by atoms with E-state index in [2.05, 4.69) is 130 Å². The number of aromatic nitrogens is 2. The van der Waals surface area contributed by atoms with Gasteiger partial charge in [0.25, 0.3) is 0 Å². The van der Waals surface area contributed by atoms with E-state index in [4.69, 9.17) is 8.83 Å². The molecule has 4 aromatic heterocycles. The fraction of sp³-hybridized carbons (Fsp3) is 0. The van der Waals surface area contributed by atoms with E-state index in [0.717, 1.165) is 72.0 Å². The first-order chi connectivity index (χ1) is 22.3. The van der Waals surface area contributed by atoms with Crippen LogP contribution in [0.25, 0.3) is 66.4 Å². The van der Waals surface area contributed by atoms with Crippen LogP contribution in [0.3, 0.4) is 0 Å². The molecule has 0 aliphatic rings. The molecule has 0 bridgehead atoms. The molecule has 0 aliphatic heterocycles. The van der Waals surface area contributed by atoms with Gasteiger partial charge in [0.2, 0.25) is 11.4 Å². The van der Waals surface area contributed by atoms with Crippen LogP contribution in [-0.2, 0) is 0 Å². The van der Waals surface area contributed by atoms with Gasteiger partial charge in [0.05, 0.1) is 0 Å². The second kappa shape index (κ2) is 10.2. The molecule has 9 aromatic rings. The molecule has 5 aromatic carbocycles. The summed E-state index contributed by atoms with van der Waals surface area (Å²) in [5, 5.41) is 4.00. The second-order valence-corrected chi connectivity index (χ2v) is 11.1. The molecule has 9 rings (SSSR count). The van der Waals surface area contributed by atoms with Crippen LogP contribution < -0.4 is 4.90 Å². The average molecular weight is 580 g/mol. The summed E-state index contributed by atoms with van der Waals surface area (Å²) in [4.78, 5) is 11.2. The van der Waals surface area contributed by atoms with E-state index in [9.17, 15) is 0 Å². The lowest BCUT2D eigenvalue weighted by Gasteiger charge is -2.27. The van der Waals surface area contributed by atoms with E-state index in [-0.39, 0.29) is 0 Å². The summed E-state index contributed by atoms with van der Waals surface area (Å²) >= 11 is 0. The van der Waals surface area contributed by atoms with E-state index in [1.54, 1.807) is 12.4 Å². The van der Waals surface area contributed by atoms with Gasteiger partial charge in [-0.15, -0.1) is 0 Å². The number of rotatable bonds is 5. The van der Waals surface area contributed by atoms with E-state index in [0.29, 0.717) is 11.4 Å². The molecular formula is C40H25N3O2. The van der Waals surface area contributed by atoms with Crippen molar-refractivity contribution in [3.63, 3.8) is 0 Å². The maximum atomic E-state index is 6.10. The topological polar surface area (TPSA) is 55.3 Å². The third kappa shape index (κ3) is 4.33.